The van der Waals surface area contributed by atoms with Crippen LogP contribution in [0.15, 0.2) is 24.3 Å². The largest absolute Gasteiger partial charge is 0.350 e. The van der Waals surface area contributed by atoms with Gasteiger partial charge in [-0.2, -0.15) is 0 Å². The Labute approximate surface area is 121 Å². The first kappa shape index (κ1) is 16.2. The van der Waals surface area contributed by atoms with Crippen LogP contribution in [0.3, 0.4) is 0 Å². The molecule has 4 heteroatoms. The van der Waals surface area contributed by atoms with E-state index in [-0.39, 0.29) is 17.9 Å². The molecule has 0 spiro atoms. The summed E-state index contributed by atoms with van der Waals surface area (Å²) in [6, 6.07) is 7.14. The summed E-state index contributed by atoms with van der Waals surface area (Å²) in [5, 5.41) is 5.66. The summed E-state index contributed by atoms with van der Waals surface area (Å²) in [6.07, 6.45) is 4.49. The van der Waals surface area contributed by atoms with Gasteiger partial charge in [-0.1, -0.05) is 32.3 Å². The molecule has 1 atom stereocenters. The van der Waals surface area contributed by atoms with E-state index in [0.29, 0.717) is 11.3 Å². The first-order valence-electron chi connectivity index (χ1n) is 7.21. The summed E-state index contributed by atoms with van der Waals surface area (Å²) < 4.78 is 0. The van der Waals surface area contributed by atoms with E-state index in [0.717, 1.165) is 12.8 Å². The van der Waals surface area contributed by atoms with Crippen molar-refractivity contribution in [1.29, 1.82) is 0 Å². The number of amides is 2. The second-order valence-corrected chi connectivity index (χ2v) is 5.13. The quantitative estimate of drug-likeness (QED) is 0.750. The molecule has 0 fully saturated rings. The van der Waals surface area contributed by atoms with E-state index in [4.69, 9.17) is 0 Å². The van der Waals surface area contributed by atoms with Gasteiger partial charge in [-0.3, -0.25) is 9.59 Å². The van der Waals surface area contributed by atoms with Crippen LogP contribution < -0.4 is 10.6 Å². The molecule has 0 aliphatic heterocycles. The van der Waals surface area contributed by atoms with E-state index in [1.54, 1.807) is 24.3 Å². The molecule has 1 aromatic carbocycles. The Hall–Kier alpha value is -1.84. The van der Waals surface area contributed by atoms with Crippen LogP contribution in [-0.4, -0.2) is 17.9 Å². The number of unbranched alkanes of at least 4 members (excludes halogenated alkanes) is 2. The average Bonchev–Trinajstić information content (AvgIpc) is 2.38. The molecule has 20 heavy (non-hydrogen) atoms. The van der Waals surface area contributed by atoms with Gasteiger partial charge in [-0.15, -0.1) is 0 Å². The zero-order valence-corrected chi connectivity index (χ0v) is 12.5. The Balaban J connectivity index is 2.56. The van der Waals surface area contributed by atoms with Gasteiger partial charge in [0.1, 0.15) is 0 Å². The molecule has 0 heterocycles. The number of hydrogen-bond acceptors (Lipinski definition) is 2. The smallest absolute Gasteiger partial charge is 0.251 e. The Morgan fingerprint density at radius 2 is 2.00 bits per heavy atom. The number of anilines is 1. The fourth-order valence-corrected chi connectivity index (χ4v) is 2.02. The Morgan fingerprint density at radius 1 is 1.25 bits per heavy atom. The molecule has 2 amide bonds. The van der Waals surface area contributed by atoms with Gasteiger partial charge >= 0.3 is 0 Å². The Bertz CT molecular complexity index is 458. The zero-order chi connectivity index (χ0) is 15.0. The van der Waals surface area contributed by atoms with Crippen LogP contribution in [0, 0.1) is 0 Å². The van der Waals surface area contributed by atoms with E-state index in [2.05, 4.69) is 17.6 Å². The topological polar surface area (TPSA) is 58.2 Å². The highest BCUT2D eigenvalue weighted by molar-refractivity contribution is 5.96. The molecule has 0 radical (unpaired) electrons. The van der Waals surface area contributed by atoms with Crippen molar-refractivity contribution in [3.63, 3.8) is 0 Å². The van der Waals surface area contributed by atoms with Crippen LogP contribution >= 0.6 is 0 Å². The number of nitrogens with one attached hydrogen (secondary N) is 2. The lowest BCUT2D eigenvalue weighted by Crippen LogP contribution is -2.32. The third-order valence-electron chi connectivity index (χ3n) is 3.06. The van der Waals surface area contributed by atoms with Crippen molar-refractivity contribution in [3.8, 4) is 0 Å². The Kier molecular flexibility index (Phi) is 6.77. The van der Waals surface area contributed by atoms with Gasteiger partial charge in [-0.25, -0.2) is 0 Å². The van der Waals surface area contributed by atoms with E-state index in [9.17, 15) is 9.59 Å². The third-order valence-corrected chi connectivity index (χ3v) is 3.06. The lowest BCUT2D eigenvalue weighted by atomic mass is 10.1. The molecule has 0 aliphatic rings. The van der Waals surface area contributed by atoms with Crippen LogP contribution in [0.1, 0.15) is 56.8 Å². The molecule has 0 unspecified atom stereocenters. The molecule has 2 N–H and O–H groups in total. The lowest BCUT2D eigenvalue weighted by molar-refractivity contribution is -0.114. The summed E-state index contributed by atoms with van der Waals surface area (Å²) in [6.45, 7) is 5.63. The third kappa shape index (κ3) is 5.87. The highest BCUT2D eigenvalue weighted by Gasteiger charge is 2.10. The molecule has 0 saturated carbocycles. The fraction of sp³-hybridized carbons (Fsp3) is 0.500. The van der Waals surface area contributed by atoms with Gasteiger partial charge in [0, 0.05) is 24.2 Å². The van der Waals surface area contributed by atoms with Crippen LogP contribution in [0.4, 0.5) is 5.69 Å². The fourth-order valence-electron chi connectivity index (χ4n) is 2.02. The minimum atomic E-state index is -0.143. The molecule has 0 bridgehead atoms. The molecular weight excluding hydrogens is 252 g/mol. The van der Waals surface area contributed by atoms with E-state index in [1.165, 1.54) is 19.8 Å². The average molecular weight is 276 g/mol. The highest BCUT2D eigenvalue weighted by Crippen LogP contribution is 2.11. The molecule has 0 aromatic heterocycles. The molecule has 0 saturated heterocycles. The number of rotatable bonds is 7. The highest BCUT2D eigenvalue weighted by atomic mass is 16.2. The minimum absolute atomic E-state index is 0.0961. The van der Waals surface area contributed by atoms with E-state index in [1.807, 2.05) is 6.92 Å². The number of carbonyl (C=O) groups excluding carboxylic acids is 2. The van der Waals surface area contributed by atoms with Gasteiger partial charge in [0.2, 0.25) is 5.91 Å². The summed E-state index contributed by atoms with van der Waals surface area (Å²) in [7, 11) is 0. The predicted molar refractivity (Wildman–Crippen MR) is 81.8 cm³/mol. The number of hydrogen-bond donors (Lipinski definition) is 2. The van der Waals surface area contributed by atoms with Gasteiger partial charge in [0.15, 0.2) is 0 Å². The molecular formula is C16H24N2O2. The van der Waals surface area contributed by atoms with Crippen molar-refractivity contribution in [2.24, 2.45) is 0 Å². The van der Waals surface area contributed by atoms with Crippen molar-refractivity contribution in [1.82, 2.24) is 5.32 Å². The van der Waals surface area contributed by atoms with Gasteiger partial charge in [0.05, 0.1) is 0 Å². The minimum Gasteiger partial charge on any atom is -0.350 e. The van der Waals surface area contributed by atoms with Crippen molar-refractivity contribution >= 4 is 17.5 Å². The van der Waals surface area contributed by atoms with E-state index < -0.39 is 0 Å². The van der Waals surface area contributed by atoms with Crippen LogP contribution in [0.25, 0.3) is 0 Å². The summed E-state index contributed by atoms with van der Waals surface area (Å²) in [4.78, 5) is 23.1. The monoisotopic (exact) mass is 276 g/mol. The second-order valence-electron chi connectivity index (χ2n) is 5.13. The van der Waals surface area contributed by atoms with Crippen molar-refractivity contribution < 1.29 is 9.59 Å². The van der Waals surface area contributed by atoms with Crippen LogP contribution in [-0.2, 0) is 4.79 Å². The number of carbonyl (C=O) groups is 2. The zero-order valence-electron chi connectivity index (χ0n) is 12.5. The van der Waals surface area contributed by atoms with Gasteiger partial charge < -0.3 is 10.6 Å². The standard InChI is InChI=1S/C16H24N2O2/c1-4-5-6-8-12(2)17-16(20)14-9-7-10-15(11-14)18-13(3)19/h7,9-12H,4-6,8H2,1-3H3,(H,17,20)(H,18,19)/t12-/m0/s1. The summed E-state index contributed by atoms with van der Waals surface area (Å²) in [5.74, 6) is -0.239. The normalized spacial score (nSPS) is 11.8. The summed E-state index contributed by atoms with van der Waals surface area (Å²) in [5.41, 5.74) is 1.21. The van der Waals surface area contributed by atoms with E-state index >= 15 is 0 Å². The maximum atomic E-state index is 12.1. The lowest BCUT2D eigenvalue weighted by Gasteiger charge is -2.14. The van der Waals surface area contributed by atoms with Crippen LogP contribution in [0.5, 0.6) is 0 Å². The predicted octanol–water partition coefficient (Wildman–Crippen LogP) is 3.34. The molecule has 4 nitrogen and oxygen atoms in total. The first-order chi connectivity index (χ1) is 9.52. The SMILES string of the molecule is CCCCC[C@H](C)NC(=O)c1cccc(NC(C)=O)c1. The molecule has 1 aromatic rings. The molecule has 0 aliphatic carbocycles. The summed E-state index contributed by atoms with van der Waals surface area (Å²) >= 11 is 0. The molecule has 1 rings (SSSR count). The van der Waals surface area contributed by atoms with Gasteiger partial charge in [-0.05, 0) is 31.5 Å². The second kappa shape index (κ2) is 8.35. The van der Waals surface area contributed by atoms with Crippen molar-refractivity contribution in [2.45, 2.75) is 52.5 Å². The molecule has 110 valence electrons. The number of benzene rings is 1. The van der Waals surface area contributed by atoms with Crippen molar-refractivity contribution in [3.05, 3.63) is 29.8 Å². The van der Waals surface area contributed by atoms with Crippen molar-refractivity contribution in [2.75, 3.05) is 5.32 Å². The van der Waals surface area contributed by atoms with Gasteiger partial charge in [0.25, 0.3) is 5.91 Å². The first-order valence-corrected chi connectivity index (χ1v) is 7.21. The maximum Gasteiger partial charge on any atom is 0.251 e. The van der Waals surface area contributed by atoms with Crippen LogP contribution in [0.2, 0.25) is 0 Å². The maximum absolute atomic E-state index is 12.1. The Morgan fingerprint density at radius 3 is 2.65 bits per heavy atom.